The fraction of sp³-hybridized carbons (Fsp3) is 0.500. The molecule has 3 heterocycles. The van der Waals surface area contributed by atoms with Crippen molar-refractivity contribution in [3.8, 4) is 0 Å². The Kier molecular flexibility index (Phi) is 22.9. The van der Waals surface area contributed by atoms with Crippen LogP contribution in [0.25, 0.3) is 21.8 Å². The number of rotatable bonds is 16. The van der Waals surface area contributed by atoms with E-state index in [1.54, 1.807) is 0 Å². The third-order valence-corrected chi connectivity index (χ3v) is 16.0. The van der Waals surface area contributed by atoms with Gasteiger partial charge in [-0.15, -0.1) is 0 Å². The first-order valence-corrected chi connectivity index (χ1v) is 30.6. The third-order valence-electron chi connectivity index (χ3n) is 16.0. The van der Waals surface area contributed by atoms with Crippen LogP contribution in [-0.4, -0.2) is 163 Å². The van der Waals surface area contributed by atoms with Gasteiger partial charge < -0.3 is 38.5 Å². The van der Waals surface area contributed by atoms with Crippen LogP contribution < -0.4 is 0 Å². The van der Waals surface area contributed by atoms with E-state index >= 15 is 9.59 Å². The van der Waals surface area contributed by atoms with Crippen LogP contribution in [0, 0.1) is 23.7 Å². The molecule has 6 aromatic rings. The Morgan fingerprint density at radius 2 is 0.648 bits per heavy atom. The summed E-state index contributed by atoms with van der Waals surface area (Å²) >= 11 is 0. The summed E-state index contributed by atoms with van der Waals surface area (Å²) in [7, 11) is 5.59. The van der Waals surface area contributed by atoms with Crippen molar-refractivity contribution in [3.63, 3.8) is 0 Å². The van der Waals surface area contributed by atoms with E-state index in [-0.39, 0.29) is 62.2 Å². The maximum atomic E-state index is 15.1. The fourth-order valence-corrected chi connectivity index (χ4v) is 11.0. The molecule has 0 aliphatic carbocycles. The SMILES string of the molecule is CC(C)C[C@H]1C(=O)O[C@H](Cc2ccc(Cn3cc4ccccc4n3)cc2)C(=O)N(C)[C@@H](CC(C)C)C(=O)O[C@H](C)C(=O)N(C)[C@@H](CC(C)C)C(=O)O[C@H](Cc2ccc(Cn3cc4ccccc4n3)cc2)C(=O)N(C)[C@@H](CC(C)C)C(=O)O[C@H](C)C(=O)N1C. The zero-order valence-corrected chi connectivity index (χ0v) is 53.5. The molecule has 0 N–H and O–H groups in total. The fourth-order valence-electron chi connectivity index (χ4n) is 11.0. The number of ether oxygens (including phenoxy) is 4. The molecule has 1 aliphatic heterocycles. The van der Waals surface area contributed by atoms with Crippen molar-refractivity contribution >= 4 is 69.3 Å². The lowest BCUT2D eigenvalue weighted by molar-refractivity contribution is -0.176. The van der Waals surface area contributed by atoms with Crippen molar-refractivity contribution in [2.75, 3.05) is 28.2 Å². The standard InChI is InChI=1S/C68H88N8O12/c1-41(2)31-55-65(81)85-45(9)61(77)71(11)58(34-44(7)8)68(84)88-60(36-48-25-29-50(30-26-48)38-76-40-52-20-16-18-22-54(52)70-76)64(80)74(14)56(32-42(3)4)66(82)86-46(10)62(78)72(12)57(33-43(5)6)67(83)87-59(63(79)73(55)13)35-47-23-27-49(28-24-47)37-75-39-51-19-15-17-21-53(51)69-75/h15-30,39-46,55-60H,31-38H2,1-14H3/t45-,46-,55+,56+,57+,58+,59-,60-/m1/s1. The highest BCUT2D eigenvalue weighted by Gasteiger charge is 2.43. The molecule has 1 aliphatic rings. The summed E-state index contributed by atoms with van der Waals surface area (Å²) in [5, 5.41) is 11.3. The summed E-state index contributed by atoms with van der Waals surface area (Å²) < 4.78 is 28.1. The Bertz CT molecular complexity index is 3100. The molecule has 0 saturated carbocycles. The number of benzene rings is 4. The van der Waals surface area contributed by atoms with Crippen molar-refractivity contribution in [2.45, 2.75) is 169 Å². The largest absolute Gasteiger partial charge is 0.451 e. The maximum absolute atomic E-state index is 15.1. The van der Waals surface area contributed by atoms with E-state index in [2.05, 4.69) is 10.2 Å². The Hall–Kier alpha value is -8.42. The van der Waals surface area contributed by atoms with Gasteiger partial charge >= 0.3 is 23.9 Å². The molecule has 0 radical (unpaired) electrons. The first-order chi connectivity index (χ1) is 41.7. The molecular weight excluding hydrogens is 1120 g/mol. The van der Waals surface area contributed by atoms with Crippen LogP contribution >= 0.6 is 0 Å². The van der Waals surface area contributed by atoms with Crippen LogP contribution in [0.3, 0.4) is 0 Å². The van der Waals surface area contributed by atoms with Gasteiger partial charge in [0.15, 0.2) is 24.4 Å². The summed E-state index contributed by atoms with van der Waals surface area (Å²) in [6.45, 7) is 18.5. The molecule has 4 amide bonds. The Balaban J connectivity index is 1.24. The van der Waals surface area contributed by atoms with Gasteiger partial charge in [-0.25, -0.2) is 19.2 Å². The van der Waals surface area contributed by atoms with Crippen molar-refractivity contribution in [1.82, 2.24) is 39.2 Å². The van der Waals surface area contributed by atoms with Crippen LogP contribution in [0.2, 0.25) is 0 Å². The molecule has 0 unspecified atom stereocenters. The minimum absolute atomic E-state index is 0.0774. The van der Waals surface area contributed by atoms with E-state index in [0.717, 1.165) is 42.7 Å². The first-order valence-electron chi connectivity index (χ1n) is 30.6. The number of nitrogens with zero attached hydrogens (tertiary/aromatic N) is 8. The van der Waals surface area contributed by atoms with E-state index in [4.69, 9.17) is 18.9 Å². The summed E-state index contributed by atoms with van der Waals surface area (Å²) in [6, 6.07) is 25.2. The van der Waals surface area contributed by atoms with Gasteiger partial charge in [0, 0.05) is 64.2 Å². The average molecular weight is 1210 g/mol. The predicted molar refractivity (Wildman–Crippen MR) is 333 cm³/mol. The molecule has 2 aromatic heterocycles. The van der Waals surface area contributed by atoms with Gasteiger partial charge in [-0.3, -0.25) is 28.5 Å². The number of cyclic esters (lactones) is 4. The van der Waals surface area contributed by atoms with Gasteiger partial charge in [0.1, 0.15) is 24.2 Å². The van der Waals surface area contributed by atoms with Crippen LogP contribution in [0.5, 0.6) is 0 Å². The lowest BCUT2D eigenvalue weighted by Gasteiger charge is -2.35. The molecule has 88 heavy (non-hydrogen) atoms. The molecule has 7 rings (SSSR count). The molecule has 20 nitrogen and oxygen atoms in total. The van der Waals surface area contributed by atoms with E-state index in [0.29, 0.717) is 24.2 Å². The zero-order valence-electron chi connectivity index (χ0n) is 53.5. The second-order valence-corrected chi connectivity index (χ2v) is 25.2. The summed E-state index contributed by atoms with van der Waals surface area (Å²) in [5.74, 6) is -7.48. The number of carbonyl (C=O) groups is 8. The summed E-state index contributed by atoms with van der Waals surface area (Å²) in [6.07, 6.45) is -2.14. The Morgan fingerprint density at radius 1 is 0.375 bits per heavy atom. The zero-order chi connectivity index (χ0) is 64.3. The quantitative estimate of drug-likeness (QED) is 0.0655. The molecule has 1 saturated heterocycles. The summed E-state index contributed by atoms with van der Waals surface area (Å²) in [4.78, 5) is 123. The van der Waals surface area contributed by atoms with Gasteiger partial charge in [0.2, 0.25) is 0 Å². The normalized spacial score (nSPS) is 22.3. The Labute approximate surface area is 516 Å². The van der Waals surface area contributed by atoms with Crippen LogP contribution in [0.4, 0.5) is 0 Å². The van der Waals surface area contributed by atoms with Gasteiger partial charge in [-0.1, -0.05) is 140 Å². The van der Waals surface area contributed by atoms with Crippen molar-refractivity contribution in [3.05, 3.63) is 132 Å². The minimum atomic E-state index is -1.55. The highest BCUT2D eigenvalue weighted by atomic mass is 16.6. The third kappa shape index (κ3) is 17.4. The van der Waals surface area contributed by atoms with Crippen molar-refractivity contribution in [1.29, 1.82) is 0 Å². The van der Waals surface area contributed by atoms with E-state index in [9.17, 15) is 28.8 Å². The number of amides is 4. The highest BCUT2D eigenvalue weighted by molar-refractivity contribution is 5.94. The average Bonchev–Trinajstić information content (AvgIpc) is 4.23. The Morgan fingerprint density at radius 3 is 0.943 bits per heavy atom. The smallest absolute Gasteiger partial charge is 0.329 e. The first kappa shape index (κ1) is 67.1. The topological polar surface area (TPSA) is 222 Å². The van der Waals surface area contributed by atoms with Crippen molar-refractivity contribution < 1.29 is 57.3 Å². The van der Waals surface area contributed by atoms with Gasteiger partial charge in [-0.2, -0.15) is 10.2 Å². The molecular formula is C68H88N8O12. The molecule has 472 valence electrons. The lowest BCUT2D eigenvalue weighted by atomic mass is 9.99. The monoisotopic (exact) mass is 1210 g/mol. The van der Waals surface area contributed by atoms with E-state index in [1.807, 2.05) is 174 Å². The minimum Gasteiger partial charge on any atom is -0.451 e. The number of aromatic nitrogens is 4. The maximum Gasteiger partial charge on any atom is 0.329 e. The number of fused-ring (bicyclic) bond motifs is 2. The second kappa shape index (κ2) is 30.0. The van der Waals surface area contributed by atoms with Crippen LogP contribution in [0.15, 0.2) is 109 Å². The molecule has 0 bridgehead atoms. The number of esters is 4. The number of hydrogen-bond acceptors (Lipinski definition) is 14. The molecule has 8 atom stereocenters. The van der Waals surface area contributed by atoms with Crippen LogP contribution in [-0.2, 0) is 83.2 Å². The molecule has 0 spiro atoms. The van der Waals surface area contributed by atoms with E-state index in [1.165, 1.54) is 51.8 Å². The van der Waals surface area contributed by atoms with Gasteiger partial charge in [0.25, 0.3) is 23.6 Å². The number of likely N-dealkylation sites (N-methyl/N-ethyl adjacent to an activating group) is 4. The molecule has 4 aromatic carbocycles. The van der Waals surface area contributed by atoms with E-state index < -0.39 is 96.1 Å². The van der Waals surface area contributed by atoms with Gasteiger partial charge in [-0.05, 0) is 97.6 Å². The molecule has 20 heteroatoms. The predicted octanol–water partition coefficient (Wildman–Crippen LogP) is 8.46. The molecule has 1 fully saturated rings. The van der Waals surface area contributed by atoms with Gasteiger partial charge in [0.05, 0.1) is 24.1 Å². The second-order valence-electron chi connectivity index (χ2n) is 25.2. The van der Waals surface area contributed by atoms with Crippen LogP contribution in [0.1, 0.15) is 117 Å². The number of hydrogen-bond donors (Lipinski definition) is 0. The highest BCUT2D eigenvalue weighted by Crippen LogP contribution is 2.26. The lowest BCUT2D eigenvalue weighted by Crippen LogP contribution is -2.55. The number of carbonyl (C=O) groups excluding carboxylic acids is 8. The van der Waals surface area contributed by atoms with Crippen molar-refractivity contribution in [2.24, 2.45) is 23.7 Å². The summed E-state index contributed by atoms with van der Waals surface area (Å²) in [5.41, 5.74) is 4.75.